The smallest absolute Gasteiger partial charge is 0.217 e. The molecule has 0 atom stereocenters. The first-order valence-corrected chi connectivity index (χ1v) is 3.94. The van der Waals surface area contributed by atoms with Crippen molar-refractivity contribution in [1.82, 2.24) is 9.97 Å². The Kier molecular flexibility index (Phi) is 1.49. The Labute approximate surface area is 70.0 Å². The van der Waals surface area contributed by atoms with Crippen LogP contribution in [0.2, 0.25) is 0 Å². The topological polar surface area (TPSA) is 37.8 Å². The van der Waals surface area contributed by atoms with Gasteiger partial charge in [-0.15, -0.1) is 0 Å². The van der Waals surface area contributed by atoms with Crippen LogP contribution in [-0.4, -0.2) is 15.5 Å². The minimum absolute atomic E-state index is 0.140. The molecule has 2 rings (SSSR count). The molecule has 0 saturated heterocycles. The molecule has 4 heteroatoms. The number of hydrogen-bond acceptors (Lipinski definition) is 3. The monoisotopic (exact) mass is 167 g/mol. The third-order valence-corrected chi connectivity index (χ3v) is 2.06. The van der Waals surface area contributed by atoms with Gasteiger partial charge in [-0.1, -0.05) is 0 Å². The molecule has 64 valence electrons. The summed E-state index contributed by atoms with van der Waals surface area (Å²) in [5.41, 5.74) is 0.140. The van der Waals surface area contributed by atoms with E-state index in [-0.39, 0.29) is 5.54 Å². The fraction of sp³-hybridized carbons (Fsp3) is 0.500. The van der Waals surface area contributed by atoms with Crippen LogP contribution < -0.4 is 5.32 Å². The minimum Gasteiger partial charge on any atom is -0.365 e. The number of rotatable bonds is 2. The quantitative estimate of drug-likeness (QED) is 0.679. The van der Waals surface area contributed by atoms with Gasteiger partial charge in [0.05, 0.1) is 0 Å². The lowest BCUT2D eigenvalue weighted by molar-refractivity contribution is 0.579. The van der Waals surface area contributed by atoms with Crippen molar-refractivity contribution in [3.8, 4) is 0 Å². The maximum atomic E-state index is 12.6. The molecule has 0 amide bonds. The SMILES string of the molecule is CC1(Nc2cc(F)ncn2)CC1. The molecule has 1 saturated carbocycles. The van der Waals surface area contributed by atoms with Crippen LogP contribution in [0.25, 0.3) is 0 Å². The highest BCUT2D eigenvalue weighted by Gasteiger charge is 2.37. The molecule has 1 fully saturated rings. The second-order valence-corrected chi connectivity index (χ2v) is 3.41. The summed E-state index contributed by atoms with van der Waals surface area (Å²) in [6, 6.07) is 1.31. The molecule has 1 aliphatic rings. The van der Waals surface area contributed by atoms with Crippen molar-refractivity contribution in [3.63, 3.8) is 0 Å². The van der Waals surface area contributed by atoms with E-state index < -0.39 is 5.95 Å². The highest BCUT2D eigenvalue weighted by atomic mass is 19.1. The van der Waals surface area contributed by atoms with Crippen molar-refractivity contribution in [2.75, 3.05) is 5.32 Å². The van der Waals surface area contributed by atoms with Crippen LogP contribution in [0.4, 0.5) is 10.2 Å². The maximum absolute atomic E-state index is 12.6. The number of nitrogens with one attached hydrogen (secondary N) is 1. The number of nitrogens with zero attached hydrogens (tertiary/aromatic N) is 2. The Hall–Kier alpha value is -1.19. The van der Waals surface area contributed by atoms with E-state index in [9.17, 15) is 4.39 Å². The summed E-state index contributed by atoms with van der Waals surface area (Å²) in [6.45, 7) is 2.09. The van der Waals surface area contributed by atoms with Gasteiger partial charge in [0.2, 0.25) is 5.95 Å². The summed E-state index contributed by atoms with van der Waals surface area (Å²) in [5.74, 6) is 0.0826. The summed E-state index contributed by atoms with van der Waals surface area (Å²) in [7, 11) is 0. The molecule has 1 aromatic rings. The van der Waals surface area contributed by atoms with Gasteiger partial charge in [0, 0.05) is 11.6 Å². The van der Waals surface area contributed by atoms with Crippen molar-refractivity contribution in [3.05, 3.63) is 18.3 Å². The molecule has 1 heterocycles. The first kappa shape index (κ1) is 7.46. The molecular formula is C8H10FN3. The van der Waals surface area contributed by atoms with E-state index in [2.05, 4.69) is 22.2 Å². The lowest BCUT2D eigenvalue weighted by Crippen LogP contribution is -2.16. The van der Waals surface area contributed by atoms with Gasteiger partial charge in [-0.25, -0.2) is 9.97 Å². The summed E-state index contributed by atoms with van der Waals surface area (Å²) >= 11 is 0. The molecule has 0 spiro atoms. The van der Waals surface area contributed by atoms with Gasteiger partial charge in [-0.3, -0.25) is 0 Å². The fourth-order valence-electron chi connectivity index (χ4n) is 1.02. The second kappa shape index (κ2) is 2.40. The largest absolute Gasteiger partial charge is 0.365 e. The molecule has 12 heavy (non-hydrogen) atoms. The van der Waals surface area contributed by atoms with Crippen LogP contribution in [0, 0.1) is 5.95 Å². The van der Waals surface area contributed by atoms with Gasteiger partial charge < -0.3 is 5.32 Å². The number of aromatic nitrogens is 2. The average molecular weight is 167 g/mol. The van der Waals surface area contributed by atoms with Crippen molar-refractivity contribution in [1.29, 1.82) is 0 Å². The Morgan fingerprint density at radius 3 is 2.83 bits per heavy atom. The first-order valence-electron chi connectivity index (χ1n) is 3.94. The van der Waals surface area contributed by atoms with Crippen molar-refractivity contribution < 1.29 is 4.39 Å². The molecule has 1 N–H and O–H groups in total. The number of hydrogen-bond donors (Lipinski definition) is 1. The molecule has 0 unspecified atom stereocenters. The van der Waals surface area contributed by atoms with Crippen LogP contribution in [0.5, 0.6) is 0 Å². The van der Waals surface area contributed by atoms with Gasteiger partial charge in [0.25, 0.3) is 0 Å². The standard InChI is InChI=1S/C8H10FN3/c1-8(2-3-8)12-7-4-6(9)10-5-11-7/h4-5H,2-3H2,1H3,(H,10,11,12). The first-order chi connectivity index (χ1) is 5.68. The molecule has 3 nitrogen and oxygen atoms in total. The molecule has 1 aromatic heterocycles. The predicted octanol–water partition coefficient (Wildman–Crippen LogP) is 1.58. The van der Waals surface area contributed by atoms with Crippen LogP contribution in [0.1, 0.15) is 19.8 Å². The van der Waals surface area contributed by atoms with E-state index >= 15 is 0 Å². The third kappa shape index (κ3) is 1.52. The zero-order valence-corrected chi connectivity index (χ0v) is 6.84. The highest BCUT2D eigenvalue weighted by Crippen LogP contribution is 2.37. The Balaban J connectivity index is 2.12. The van der Waals surface area contributed by atoms with Crippen molar-refractivity contribution in [2.24, 2.45) is 0 Å². The molecule has 0 aliphatic heterocycles. The fourth-order valence-corrected chi connectivity index (χ4v) is 1.02. The Morgan fingerprint density at radius 2 is 2.25 bits per heavy atom. The molecular weight excluding hydrogens is 157 g/mol. The van der Waals surface area contributed by atoms with Gasteiger partial charge in [-0.05, 0) is 19.8 Å². The zero-order valence-electron chi connectivity index (χ0n) is 6.84. The van der Waals surface area contributed by atoms with Gasteiger partial charge in [0.15, 0.2) is 0 Å². The lowest BCUT2D eigenvalue weighted by Gasteiger charge is -2.10. The average Bonchev–Trinajstić information content (AvgIpc) is 2.67. The van der Waals surface area contributed by atoms with Gasteiger partial charge >= 0.3 is 0 Å². The van der Waals surface area contributed by atoms with E-state index in [1.54, 1.807) is 0 Å². The van der Waals surface area contributed by atoms with E-state index in [4.69, 9.17) is 0 Å². The summed E-state index contributed by atoms with van der Waals surface area (Å²) < 4.78 is 12.6. The van der Waals surface area contributed by atoms with Crippen LogP contribution in [-0.2, 0) is 0 Å². The van der Waals surface area contributed by atoms with Crippen LogP contribution >= 0.6 is 0 Å². The second-order valence-electron chi connectivity index (χ2n) is 3.41. The maximum Gasteiger partial charge on any atom is 0.217 e. The van der Waals surface area contributed by atoms with E-state index in [1.165, 1.54) is 12.4 Å². The van der Waals surface area contributed by atoms with Gasteiger partial charge in [-0.2, -0.15) is 4.39 Å². The van der Waals surface area contributed by atoms with E-state index in [0.717, 1.165) is 12.8 Å². The molecule has 0 bridgehead atoms. The normalized spacial score (nSPS) is 18.8. The predicted molar refractivity (Wildman–Crippen MR) is 43.3 cm³/mol. The number of halogens is 1. The minimum atomic E-state index is -0.489. The summed E-state index contributed by atoms with van der Waals surface area (Å²) in [6.07, 6.45) is 3.47. The van der Waals surface area contributed by atoms with Crippen molar-refractivity contribution >= 4 is 5.82 Å². The zero-order chi connectivity index (χ0) is 8.60. The van der Waals surface area contributed by atoms with Crippen molar-refractivity contribution in [2.45, 2.75) is 25.3 Å². The molecule has 0 radical (unpaired) electrons. The number of anilines is 1. The Morgan fingerprint density at radius 1 is 1.50 bits per heavy atom. The lowest BCUT2D eigenvalue weighted by atomic mass is 10.3. The highest BCUT2D eigenvalue weighted by molar-refractivity contribution is 5.38. The molecule has 0 aromatic carbocycles. The van der Waals surface area contributed by atoms with E-state index in [1.807, 2.05) is 0 Å². The van der Waals surface area contributed by atoms with Crippen LogP contribution in [0.15, 0.2) is 12.4 Å². The van der Waals surface area contributed by atoms with E-state index in [0.29, 0.717) is 5.82 Å². The Bertz CT molecular complexity index is 296. The van der Waals surface area contributed by atoms with Gasteiger partial charge in [0.1, 0.15) is 12.1 Å². The summed E-state index contributed by atoms with van der Waals surface area (Å²) in [4.78, 5) is 7.28. The van der Waals surface area contributed by atoms with Crippen LogP contribution in [0.3, 0.4) is 0 Å². The third-order valence-electron chi connectivity index (χ3n) is 2.06. The summed E-state index contributed by atoms with van der Waals surface area (Å²) in [5, 5.41) is 3.14. The molecule has 1 aliphatic carbocycles.